The molecule has 0 amide bonds. The lowest BCUT2D eigenvalue weighted by atomic mass is 10.0. The maximum Gasteiger partial charge on any atom is 0.272 e. The molecule has 0 radical (unpaired) electrons. The summed E-state index contributed by atoms with van der Waals surface area (Å²) in [6.45, 7) is 4.33. The van der Waals surface area contributed by atoms with Crippen molar-refractivity contribution in [1.29, 1.82) is 0 Å². The first kappa shape index (κ1) is 15.0. The molecule has 5 nitrogen and oxygen atoms in total. The third-order valence-electron chi connectivity index (χ3n) is 3.48. The van der Waals surface area contributed by atoms with E-state index in [0.717, 1.165) is 11.1 Å². The fourth-order valence-corrected chi connectivity index (χ4v) is 2.10. The third kappa shape index (κ3) is 3.79. The van der Waals surface area contributed by atoms with Gasteiger partial charge in [0.15, 0.2) is 0 Å². The van der Waals surface area contributed by atoms with Gasteiger partial charge in [-0.15, -0.1) is 0 Å². The largest absolute Gasteiger partial charge is 0.508 e. The Labute approximate surface area is 123 Å². The molecule has 2 rings (SSSR count). The molecule has 0 aliphatic rings. The maximum atomic E-state index is 11.0. The summed E-state index contributed by atoms with van der Waals surface area (Å²) in [5.41, 5.74) is 2.73. The first-order valence-electron chi connectivity index (χ1n) is 6.73. The number of nitro groups is 1. The number of phenolic OH excluding ortho intramolecular Hbond substituents is 1. The number of hydrogen-bond acceptors (Lipinski definition) is 4. The van der Waals surface area contributed by atoms with Gasteiger partial charge >= 0.3 is 0 Å². The van der Waals surface area contributed by atoms with Crippen LogP contribution in [0.2, 0.25) is 0 Å². The van der Waals surface area contributed by atoms with Crippen molar-refractivity contribution in [3.8, 4) is 5.75 Å². The Balaban J connectivity index is 2.06. The first-order valence-corrected chi connectivity index (χ1v) is 6.73. The average Bonchev–Trinajstić information content (AvgIpc) is 2.46. The van der Waals surface area contributed by atoms with E-state index >= 15 is 0 Å². The standard InChI is InChI=1S/C16H18N2O3/c1-11-3-6-14(9-16(11)18(20)21)12(2)17-10-13-4-7-15(19)8-5-13/h3-9,12,17,19H,10H2,1-2H3. The Hall–Kier alpha value is -2.40. The molecule has 2 N–H and O–H groups in total. The number of nitro benzene ring substituents is 1. The topological polar surface area (TPSA) is 75.4 Å². The Kier molecular flexibility index (Phi) is 4.55. The summed E-state index contributed by atoms with van der Waals surface area (Å²) in [5, 5.41) is 23.5. The molecular weight excluding hydrogens is 268 g/mol. The van der Waals surface area contributed by atoms with Gasteiger partial charge in [0, 0.05) is 24.2 Å². The number of aryl methyl sites for hydroxylation is 1. The van der Waals surface area contributed by atoms with Crippen molar-refractivity contribution in [1.82, 2.24) is 5.32 Å². The van der Waals surface area contributed by atoms with Crippen molar-refractivity contribution < 1.29 is 10.0 Å². The summed E-state index contributed by atoms with van der Waals surface area (Å²) in [6, 6.07) is 12.2. The predicted octanol–water partition coefficient (Wildman–Crippen LogP) is 3.46. The maximum absolute atomic E-state index is 11.0. The molecule has 2 aromatic carbocycles. The van der Waals surface area contributed by atoms with Gasteiger partial charge in [-0.25, -0.2) is 0 Å². The molecule has 0 spiro atoms. The Morgan fingerprint density at radius 1 is 1.24 bits per heavy atom. The van der Waals surface area contributed by atoms with Crippen LogP contribution in [-0.2, 0) is 6.54 Å². The molecule has 0 aliphatic carbocycles. The predicted molar refractivity (Wildman–Crippen MR) is 81.2 cm³/mol. The molecule has 0 bridgehead atoms. The number of hydrogen-bond donors (Lipinski definition) is 2. The molecule has 21 heavy (non-hydrogen) atoms. The Bertz CT molecular complexity index is 638. The lowest BCUT2D eigenvalue weighted by Gasteiger charge is -2.14. The van der Waals surface area contributed by atoms with Crippen LogP contribution in [0.4, 0.5) is 5.69 Å². The second-order valence-electron chi connectivity index (χ2n) is 5.07. The van der Waals surface area contributed by atoms with E-state index in [1.54, 1.807) is 31.2 Å². The van der Waals surface area contributed by atoms with Crippen molar-refractivity contribution in [2.45, 2.75) is 26.4 Å². The van der Waals surface area contributed by atoms with E-state index in [-0.39, 0.29) is 22.4 Å². The van der Waals surface area contributed by atoms with E-state index in [1.165, 1.54) is 0 Å². The molecule has 0 aromatic heterocycles. The molecule has 5 heteroatoms. The summed E-state index contributed by atoms with van der Waals surface area (Å²) in [6.07, 6.45) is 0. The van der Waals surface area contributed by atoms with Crippen molar-refractivity contribution >= 4 is 5.69 Å². The quantitative estimate of drug-likeness (QED) is 0.652. The lowest BCUT2D eigenvalue weighted by molar-refractivity contribution is -0.385. The van der Waals surface area contributed by atoms with Gasteiger partial charge in [-0.1, -0.05) is 24.3 Å². The van der Waals surface area contributed by atoms with E-state index in [2.05, 4.69) is 5.32 Å². The van der Waals surface area contributed by atoms with E-state index in [9.17, 15) is 15.2 Å². The van der Waals surface area contributed by atoms with Gasteiger partial charge in [0.05, 0.1) is 4.92 Å². The second-order valence-corrected chi connectivity index (χ2v) is 5.07. The van der Waals surface area contributed by atoms with Crippen LogP contribution in [0.15, 0.2) is 42.5 Å². The highest BCUT2D eigenvalue weighted by Crippen LogP contribution is 2.23. The molecule has 0 aliphatic heterocycles. The number of rotatable bonds is 5. The van der Waals surface area contributed by atoms with Crippen molar-refractivity contribution in [2.75, 3.05) is 0 Å². The minimum absolute atomic E-state index is 0.00176. The molecule has 1 unspecified atom stereocenters. The van der Waals surface area contributed by atoms with Gasteiger partial charge in [-0.3, -0.25) is 10.1 Å². The van der Waals surface area contributed by atoms with Crippen molar-refractivity contribution in [3.05, 3.63) is 69.3 Å². The molecule has 0 fully saturated rings. The van der Waals surface area contributed by atoms with Crippen LogP contribution in [0.25, 0.3) is 0 Å². The molecular formula is C16H18N2O3. The highest BCUT2D eigenvalue weighted by Gasteiger charge is 2.14. The molecule has 0 saturated heterocycles. The number of aromatic hydroxyl groups is 1. The van der Waals surface area contributed by atoms with Crippen LogP contribution < -0.4 is 5.32 Å². The van der Waals surface area contributed by atoms with Crippen LogP contribution in [0.5, 0.6) is 5.75 Å². The van der Waals surface area contributed by atoms with Crippen LogP contribution >= 0.6 is 0 Å². The van der Waals surface area contributed by atoms with Gasteiger partial charge in [0.1, 0.15) is 5.75 Å². The van der Waals surface area contributed by atoms with E-state index in [1.807, 2.05) is 25.1 Å². The summed E-state index contributed by atoms with van der Waals surface area (Å²) >= 11 is 0. The van der Waals surface area contributed by atoms with E-state index in [0.29, 0.717) is 12.1 Å². The SMILES string of the molecule is Cc1ccc(C(C)NCc2ccc(O)cc2)cc1[N+](=O)[O-]. The van der Waals surface area contributed by atoms with Crippen LogP contribution in [0.1, 0.15) is 29.7 Å². The molecule has 110 valence electrons. The highest BCUT2D eigenvalue weighted by atomic mass is 16.6. The molecule has 2 aromatic rings. The summed E-state index contributed by atoms with van der Waals surface area (Å²) < 4.78 is 0. The minimum Gasteiger partial charge on any atom is -0.508 e. The van der Waals surface area contributed by atoms with Gasteiger partial charge in [0.2, 0.25) is 0 Å². The zero-order valence-electron chi connectivity index (χ0n) is 12.0. The fraction of sp³-hybridized carbons (Fsp3) is 0.250. The number of nitrogens with zero attached hydrogens (tertiary/aromatic N) is 1. The monoisotopic (exact) mass is 286 g/mol. The van der Waals surface area contributed by atoms with E-state index < -0.39 is 0 Å². The third-order valence-corrected chi connectivity index (χ3v) is 3.48. The Morgan fingerprint density at radius 3 is 2.52 bits per heavy atom. The van der Waals surface area contributed by atoms with Crippen LogP contribution in [-0.4, -0.2) is 10.0 Å². The average molecular weight is 286 g/mol. The van der Waals surface area contributed by atoms with Gasteiger partial charge in [0.25, 0.3) is 5.69 Å². The zero-order chi connectivity index (χ0) is 15.4. The van der Waals surface area contributed by atoms with Crippen molar-refractivity contribution in [3.63, 3.8) is 0 Å². The van der Waals surface area contributed by atoms with Crippen LogP contribution in [0.3, 0.4) is 0 Å². The van der Waals surface area contributed by atoms with Gasteiger partial charge in [-0.05, 0) is 37.1 Å². The summed E-state index contributed by atoms with van der Waals surface area (Å²) in [5.74, 6) is 0.237. The minimum atomic E-state index is -0.356. The first-order chi connectivity index (χ1) is 9.97. The number of phenols is 1. The van der Waals surface area contributed by atoms with Gasteiger partial charge in [-0.2, -0.15) is 0 Å². The normalized spacial score (nSPS) is 12.1. The summed E-state index contributed by atoms with van der Waals surface area (Å²) in [7, 11) is 0. The second kappa shape index (κ2) is 6.37. The smallest absolute Gasteiger partial charge is 0.272 e. The summed E-state index contributed by atoms with van der Waals surface area (Å²) in [4.78, 5) is 10.6. The van der Waals surface area contributed by atoms with Gasteiger partial charge < -0.3 is 10.4 Å². The number of benzene rings is 2. The Morgan fingerprint density at radius 2 is 1.90 bits per heavy atom. The lowest BCUT2D eigenvalue weighted by Crippen LogP contribution is -2.18. The van der Waals surface area contributed by atoms with Crippen LogP contribution in [0, 0.1) is 17.0 Å². The fourth-order valence-electron chi connectivity index (χ4n) is 2.10. The molecule has 0 saturated carbocycles. The molecule has 0 heterocycles. The number of nitrogens with one attached hydrogen (secondary N) is 1. The van der Waals surface area contributed by atoms with Crippen molar-refractivity contribution in [2.24, 2.45) is 0 Å². The highest BCUT2D eigenvalue weighted by molar-refractivity contribution is 5.43. The van der Waals surface area contributed by atoms with E-state index in [4.69, 9.17) is 0 Å². The zero-order valence-corrected chi connectivity index (χ0v) is 12.0. The molecule has 1 atom stereocenters.